The molecule has 2 aliphatic heterocycles. The normalized spacial score (nSPS) is 29.3. The molecule has 26 heavy (non-hydrogen) atoms. The molecule has 0 spiro atoms. The van der Waals surface area contributed by atoms with Crippen LogP contribution >= 0.6 is 24.0 Å². The van der Waals surface area contributed by atoms with Gasteiger partial charge in [-0.3, -0.25) is 14.8 Å². The van der Waals surface area contributed by atoms with Crippen LogP contribution in [0.3, 0.4) is 0 Å². The molecule has 152 valence electrons. The van der Waals surface area contributed by atoms with Gasteiger partial charge in [0.1, 0.15) is 0 Å². The highest BCUT2D eigenvalue weighted by atomic mass is 127. The standard InChI is InChI=1S/C19H37N5O.HI/c1-4-20-19(21-12-15(2)13-23-7-9-25-10-8-23)22-17-11-16(3)24(14-17)18-5-6-18;/h15-18H,4-14H2,1-3H3,(H2,20,21,22);1H. The van der Waals surface area contributed by atoms with Crippen molar-refractivity contribution in [2.24, 2.45) is 10.9 Å². The van der Waals surface area contributed by atoms with Gasteiger partial charge in [-0.1, -0.05) is 6.92 Å². The topological polar surface area (TPSA) is 52.1 Å². The summed E-state index contributed by atoms with van der Waals surface area (Å²) in [6.45, 7) is 14.7. The van der Waals surface area contributed by atoms with Gasteiger partial charge < -0.3 is 15.4 Å². The lowest BCUT2D eigenvalue weighted by molar-refractivity contribution is 0.0323. The van der Waals surface area contributed by atoms with Crippen LogP contribution in [0, 0.1) is 5.92 Å². The monoisotopic (exact) mass is 479 g/mol. The van der Waals surface area contributed by atoms with Gasteiger partial charge in [0, 0.05) is 57.4 Å². The van der Waals surface area contributed by atoms with Crippen LogP contribution in [0.1, 0.15) is 40.0 Å². The second kappa shape index (κ2) is 11.0. The van der Waals surface area contributed by atoms with Crippen LogP contribution < -0.4 is 10.6 Å². The number of ether oxygens (including phenoxy) is 1. The van der Waals surface area contributed by atoms with Crippen molar-refractivity contribution in [3.63, 3.8) is 0 Å². The van der Waals surface area contributed by atoms with Crippen LogP contribution in [0.25, 0.3) is 0 Å². The van der Waals surface area contributed by atoms with Crippen molar-refractivity contribution in [2.75, 3.05) is 52.5 Å². The highest BCUT2D eigenvalue weighted by Gasteiger charge is 2.38. The van der Waals surface area contributed by atoms with E-state index in [-0.39, 0.29) is 24.0 Å². The Bertz CT molecular complexity index is 440. The number of rotatable bonds is 7. The zero-order chi connectivity index (χ0) is 17.6. The number of hydrogen-bond acceptors (Lipinski definition) is 4. The smallest absolute Gasteiger partial charge is 0.191 e. The number of halogens is 1. The van der Waals surface area contributed by atoms with Crippen LogP contribution in [0.15, 0.2) is 4.99 Å². The van der Waals surface area contributed by atoms with Crippen molar-refractivity contribution in [3.8, 4) is 0 Å². The third-order valence-corrected chi connectivity index (χ3v) is 5.56. The van der Waals surface area contributed by atoms with Crippen molar-refractivity contribution in [1.82, 2.24) is 20.4 Å². The Labute approximate surface area is 176 Å². The highest BCUT2D eigenvalue weighted by Crippen LogP contribution is 2.33. The van der Waals surface area contributed by atoms with Crippen molar-refractivity contribution < 1.29 is 4.74 Å². The molecule has 2 saturated heterocycles. The molecule has 0 radical (unpaired) electrons. The van der Waals surface area contributed by atoms with Gasteiger partial charge in [-0.15, -0.1) is 24.0 Å². The maximum Gasteiger partial charge on any atom is 0.191 e. The van der Waals surface area contributed by atoms with Crippen LogP contribution in [0.2, 0.25) is 0 Å². The first-order chi connectivity index (χ1) is 12.2. The van der Waals surface area contributed by atoms with Crippen LogP contribution in [0.4, 0.5) is 0 Å². The zero-order valence-corrected chi connectivity index (χ0v) is 19.1. The van der Waals surface area contributed by atoms with Gasteiger partial charge in [-0.2, -0.15) is 0 Å². The van der Waals surface area contributed by atoms with E-state index in [1.165, 1.54) is 25.8 Å². The summed E-state index contributed by atoms with van der Waals surface area (Å²) < 4.78 is 5.43. The number of guanidine groups is 1. The van der Waals surface area contributed by atoms with Crippen LogP contribution in [-0.2, 0) is 4.74 Å². The lowest BCUT2D eigenvalue weighted by Crippen LogP contribution is -2.45. The maximum absolute atomic E-state index is 5.43. The van der Waals surface area contributed by atoms with E-state index < -0.39 is 0 Å². The number of morpholine rings is 1. The SMILES string of the molecule is CCNC(=NCC(C)CN1CCOCC1)NC1CC(C)N(C2CC2)C1.I. The Morgan fingerprint density at radius 1 is 1.27 bits per heavy atom. The van der Waals surface area contributed by atoms with E-state index in [1.54, 1.807) is 0 Å². The van der Waals surface area contributed by atoms with Gasteiger partial charge in [0.05, 0.1) is 13.2 Å². The van der Waals surface area contributed by atoms with E-state index in [0.29, 0.717) is 18.0 Å². The third kappa shape index (κ3) is 6.80. The molecule has 0 bridgehead atoms. The molecule has 2 N–H and O–H groups in total. The van der Waals surface area contributed by atoms with E-state index in [9.17, 15) is 0 Å². The Balaban J connectivity index is 0.00000243. The molecule has 0 aromatic heterocycles. The van der Waals surface area contributed by atoms with Crippen molar-refractivity contribution >= 4 is 29.9 Å². The summed E-state index contributed by atoms with van der Waals surface area (Å²) in [5, 5.41) is 7.11. The molecule has 0 amide bonds. The largest absolute Gasteiger partial charge is 0.379 e. The second-order valence-corrected chi connectivity index (χ2v) is 8.09. The summed E-state index contributed by atoms with van der Waals surface area (Å²) in [6.07, 6.45) is 4.01. The lowest BCUT2D eigenvalue weighted by atomic mass is 10.1. The molecule has 0 aromatic carbocycles. The first-order valence-corrected chi connectivity index (χ1v) is 10.3. The van der Waals surface area contributed by atoms with Gasteiger partial charge in [0.15, 0.2) is 5.96 Å². The lowest BCUT2D eigenvalue weighted by Gasteiger charge is -2.28. The molecule has 6 nitrogen and oxygen atoms in total. The molecule has 7 heteroatoms. The van der Waals surface area contributed by atoms with E-state index >= 15 is 0 Å². The fraction of sp³-hybridized carbons (Fsp3) is 0.947. The third-order valence-electron chi connectivity index (χ3n) is 5.56. The van der Waals surface area contributed by atoms with Gasteiger partial charge >= 0.3 is 0 Å². The Morgan fingerprint density at radius 3 is 2.65 bits per heavy atom. The highest BCUT2D eigenvalue weighted by molar-refractivity contribution is 14.0. The Kier molecular flexibility index (Phi) is 9.40. The average molecular weight is 479 g/mol. The van der Waals surface area contributed by atoms with Crippen molar-refractivity contribution in [2.45, 2.75) is 58.2 Å². The summed E-state index contributed by atoms with van der Waals surface area (Å²) in [5.41, 5.74) is 0. The molecule has 3 unspecified atom stereocenters. The predicted molar refractivity (Wildman–Crippen MR) is 119 cm³/mol. The van der Waals surface area contributed by atoms with E-state index in [4.69, 9.17) is 9.73 Å². The minimum Gasteiger partial charge on any atom is -0.379 e. The summed E-state index contributed by atoms with van der Waals surface area (Å²) in [4.78, 5) is 10.0. The molecule has 2 heterocycles. The molecule has 3 fully saturated rings. The predicted octanol–water partition coefficient (Wildman–Crippen LogP) is 1.75. The number of nitrogens with zero attached hydrogens (tertiary/aromatic N) is 3. The molecular weight excluding hydrogens is 441 g/mol. The van der Waals surface area contributed by atoms with Crippen LogP contribution in [0.5, 0.6) is 0 Å². The van der Waals surface area contributed by atoms with Gasteiger partial charge in [0.2, 0.25) is 0 Å². The Hall–Kier alpha value is -0.120. The number of likely N-dealkylation sites (tertiary alicyclic amines) is 1. The van der Waals surface area contributed by atoms with Gasteiger partial charge in [-0.25, -0.2) is 0 Å². The van der Waals surface area contributed by atoms with Crippen LogP contribution in [-0.4, -0.2) is 86.4 Å². The number of nitrogens with one attached hydrogen (secondary N) is 2. The maximum atomic E-state index is 5.43. The first-order valence-electron chi connectivity index (χ1n) is 10.3. The fourth-order valence-electron chi connectivity index (χ4n) is 4.12. The van der Waals surface area contributed by atoms with E-state index in [2.05, 4.69) is 41.2 Å². The number of aliphatic imine (C=N–C) groups is 1. The molecule has 1 aliphatic carbocycles. The zero-order valence-electron chi connectivity index (χ0n) is 16.7. The van der Waals surface area contributed by atoms with E-state index in [1.807, 2.05) is 0 Å². The first kappa shape index (κ1) is 22.2. The minimum atomic E-state index is 0. The van der Waals surface area contributed by atoms with Crippen molar-refractivity contribution in [3.05, 3.63) is 0 Å². The average Bonchev–Trinajstić information content (AvgIpc) is 3.37. The molecule has 3 rings (SSSR count). The summed E-state index contributed by atoms with van der Waals surface area (Å²) in [6, 6.07) is 2.09. The summed E-state index contributed by atoms with van der Waals surface area (Å²) in [7, 11) is 0. The second-order valence-electron chi connectivity index (χ2n) is 8.09. The van der Waals surface area contributed by atoms with E-state index in [0.717, 1.165) is 57.9 Å². The van der Waals surface area contributed by atoms with Gasteiger partial charge in [-0.05, 0) is 39.0 Å². The molecular formula is C19H38IN5O. The Morgan fingerprint density at radius 2 is 2.00 bits per heavy atom. The van der Waals surface area contributed by atoms with Gasteiger partial charge in [0.25, 0.3) is 0 Å². The minimum absolute atomic E-state index is 0. The summed E-state index contributed by atoms with van der Waals surface area (Å²) >= 11 is 0. The molecule has 3 atom stereocenters. The quantitative estimate of drug-likeness (QED) is 0.331. The molecule has 0 aromatic rings. The molecule has 3 aliphatic rings. The molecule has 1 saturated carbocycles. The fourth-order valence-corrected chi connectivity index (χ4v) is 4.12. The number of hydrogen-bond donors (Lipinski definition) is 2. The summed E-state index contributed by atoms with van der Waals surface area (Å²) in [5.74, 6) is 1.56. The van der Waals surface area contributed by atoms with Crippen molar-refractivity contribution in [1.29, 1.82) is 0 Å².